The van der Waals surface area contributed by atoms with Gasteiger partial charge in [-0.05, 0) is 12.1 Å². The minimum Gasteiger partial charge on any atom is -0.491 e. The number of carbonyl (C=O) groups excluding carboxylic acids is 2. The monoisotopic (exact) mass is 265 g/mol. The fourth-order valence-corrected chi connectivity index (χ4v) is 1.88. The molecule has 0 saturated carbocycles. The van der Waals surface area contributed by atoms with Gasteiger partial charge in [-0.2, -0.15) is 0 Å². The van der Waals surface area contributed by atoms with E-state index in [0.29, 0.717) is 18.0 Å². The van der Waals surface area contributed by atoms with E-state index in [2.05, 4.69) is 4.84 Å². The van der Waals surface area contributed by atoms with Crippen LogP contribution in [0.4, 0.5) is 5.69 Å². The highest BCUT2D eigenvalue weighted by Gasteiger charge is 2.23. The van der Waals surface area contributed by atoms with E-state index >= 15 is 0 Å². The van der Waals surface area contributed by atoms with Gasteiger partial charge in [0.25, 0.3) is 0 Å². The van der Waals surface area contributed by atoms with E-state index in [9.17, 15) is 9.59 Å². The number of rotatable bonds is 4. The van der Waals surface area contributed by atoms with Gasteiger partial charge in [0.05, 0.1) is 25.1 Å². The third-order valence-corrected chi connectivity index (χ3v) is 2.74. The first-order valence-electron chi connectivity index (χ1n) is 5.90. The Bertz CT molecular complexity index is 478. The van der Waals surface area contributed by atoms with E-state index in [1.165, 1.54) is 4.90 Å². The molecule has 2 rings (SSSR count). The van der Waals surface area contributed by atoms with Crippen LogP contribution in [0.15, 0.2) is 24.3 Å². The summed E-state index contributed by atoms with van der Waals surface area (Å²) in [7, 11) is 0. The molecule has 19 heavy (non-hydrogen) atoms. The molecule has 0 radical (unpaired) electrons. The molecule has 7 nitrogen and oxygen atoms in total. The van der Waals surface area contributed by atoms with Crippen LogP contribution >= 0.6 is 0 Å². The van der Waals surface area contributed by atoms with Crippen molar-refractivity contribution in [2.45, 2.75) is 12.8 Å². The van der Waals surface area contributed by atoms with Crippen molar-refractivity contribution in [3.8, 4) is 5.75 Å². The van der Waals surface area contributed by atoms with Gasteiger partial charge in [0.2, 0.25) is 5.91 Å². The van der Waals surface area contributed by atoms with Crippen LogP contribution in [0.2, 0.25) is 0 Å². The Labute approximate surface area is 110 Å². The summed E-state index contributed by atoms with van der Waals surface area (Å²) in [6, 6.07) is 7.22. The van der Waals surface area contributed by atoms with Crippen molar-refractivity contribution in [1.82, 2.24) is 5.59 Å². The average Bonchev–Trinajstić information content (AvgIpc) is 2.55. The minimum atomic E-state index is -0.530. The highest BCUT2D eigenvalue weighted by molar-refractivity contribution is 5.96. The van der Waals surface area contributed by atoms with E-state index in [1.807, 2.05) is 17.7 Å². The van der Waals surface area contributed by atoms with Crippen LogP contribution in [0.25, 0.3) is 0 Å². The second kappa shape index (κ2) is 6.17. The van der Waals surface area contributed by atoms with E-state index in [-0.39, 0.29) is 25.3 Å². The van der Waals surface area contributed by atoms with Crippen LogP contribution in [-0.2, 0) is 14.4 Å². The molecule has 0 unspecified atom stereocenters. The highest BCUT2D eigenvalue weighted by atomic mass is 16.7. The third-order valence-electron chi connectivity index (χ3n) is 2.74. The molecule has 0 bridgehead atoms. The van der Waals surface area contributed by atoms with Crippen molar-refractivity contribution in [2.24, 2.45) is 5.84 Å². The number of hydrogen-bond acceptors (Lipinski definition) is 6. The molecular weight excluding hydrogens is 250 g/mol. The Kier molecular flexibility index (Phi) is 4.32. The summed E-state index contributed by atoms with van der Waals surface area (Å²) in [5.74, 6) is 4.90. The normalized spacial score (nSPS) is 14.4. The van der Waals surface area contributed by atoms with Crippen molar-refractivity contribution in [2.75, 3.05) is 18.1 Å². The summed E-state index contributed by atoms with van der Waals surface area (Å²) >= 11 is 0. The molecule has 0 spiro atoms. The zero-order valence-corrected chi connectivity index (χ0v) is 10.3. The van der Waals surface area contributed by atoms with Gasteiger partial charge in [0.1, 0.15) is 5.75 Å². The third kappa shape index (κ3) is 3.21. The maximum absolute atomic E-state index is 12.0. The van der Waals surface area contributed by atoms with Gasteiger partial charge in [-0.3, -0.25) is 9.59 Å². The fourth-order valence-electron chi connectivity index (χ4n) is 1.88. The van der Waals surface area contributed by atoms with Gasteiger partial charge in [0, 0.05) is 6.54 Å². The topological polar surface area (TPSA) is 93.9 Å². The molecule has 102 valence electrons. The maximum atomic E-state index is 12.0. The van der Waals surface area contributed by atoms with E-state index in [0.717, 1.165) is 0 Å². The first-order chi connectivity index (χ1) is 9.22. The summed E-state index contributed by atoms with van der Waals surface area (Å²) < 4.78 is 5.49. The first-order valence-corrected chi connectivity index (χ1v) is 5.90. The molecule has 7 heteroatoms. The average molecular weight is 265 g/mol. The smallest absolute Gasteiger partial charge is 0.328 e. The van der Waals surface area contributed by atoms with Crippen LogP contribution in [0.1, 0.15) is 12.8 Å². The minimum absolute atomic E-state index is 0.0459. The lowest BCUT2D eigenvalue weighted by atomic mass is 10.2. The molecule has 1 amide bonds. The number of hydrazine groups is 1. The quantitative estimate of drug-likeness (QED) is 0.593. The Morgan fingerprint density at radius 2 is 2.26 bits per heavy atom. The summed E-state index contributed by atoms with van der Waals surface area (Å²) in [4.78, 5) is 29.2. The molecule has 0 aromatic heterocycles. The second-order valence-electron chi connectivity index (χ2n) is 3.95. The molecule has 0 aliphatic carbocycles. The molecule has 1 aromatic rings. The summed E-state index contributed by atoms with van der Waals surface area (Å²) in [5, 5.41) is 0. The number of amides is 1. The lowest BCUT2D eigenvalue weighted by Gasteiger charge is -2.21. The van der Waals surface area contributed by atoms with E-state index in [4.69, 9.17) is 10.6 Å². The van der Waals surface area contributed by atoms with Crippen molar-refractivity contribution >= 4 is 17.6 Å². The highest BCUT2D eigenvalue weighted by Crippen LogP contribution is 2.30. The van der Waals surface area contributed by atoms with Gasteiger partial charge < -0.3 is 14.5 Å². The van der Waals surface area contributed by atoms with E-state index in [1.54, 1.807) is 12.1 Å². The Morgan fingerprint density at radius 1 is 1.47 bits per heavy atom. The van der Waals surface area contributed by atoms with Crippen LogP contribution in [0, 0.1) is 0 Å². The van der Waals surface area contributed by atoms with Gasteiger partial charge in [-0.15, -0.1) is 0 Å². The number of hydrogen-bond donors (Lipinski definition) is 2. The summed E-state index contributed by atoms with van der Waals surface area (Å²) in [6.07, 6.45) is 0.323. The number of anilines is 1. The molecule has 1 heterocycles. The molecule has 3 N–H and O–H groups in total. The molecule has 0 atom stereocenters. The Morgan fingerprint density at radius 3 is 3.05 bits per heavy atom. The largest absolute Gasteiger partial charge is 0.491 e. The van der Waals surface area contributed by atoms with Gasteiger partial charge >= 0.3 is 5.97 Å². The van der Waals surface area contributed by atoms with Crippen LogP contribution in [-0.4, -0.2) is 25.0 Å². The van der Waals surface area contributed by atoms with Crippen LogP contribution in [0.5, 0.6) is 5.75 Å². The predicted molar refractivity (Wildman–Crippen MR) is 66.9 cm³/mol. The molecular formula is C12H15N3O4. The second-order valence-corrected chi connectivity index (χ2v) is 3.95. The number of carbonyl (C=O) groups is 2. The summed E-state index contributed by atoms with van der Waals surface area (Å²) in [5.41, 5.74) is 2.49. The Hall–Kier alpha value is -2.12. The van der Waals surface area contributed by atoms with Crippen molar-refractivity contribution < 1.29 is 19.2 Å². The lowest BCUT2D eigenvalue weighted by molar-refractivity contribution is -0.150. The predicted octanol–water partition coefficient (Wildman–Crippen LogP) is 0.114. The fraction of sp³-hybridized carbons (Fsp3) is 0.333. The number of nitrogens with one attached hydrogen (secondary N) is 1. The number of ether oxygens (including phenoxy) is 1. The van der Waals surface area contributed by atoms with Gasteiger partial charge in [-0.1, -0.05) is 17.7 Å². The summed E-state index contributed by atoms with van der Waals surface area (Å²) in [6.45, 7) is 0.556. The molecule has 1 aliphatic heterocycles. The number of para-hydroxylation sites is 2. The number of fused-ring (bicyclic) bond motifs is 1. The van der Waals surface area contributed by atoms with Crippen LogP contribution in [0.3, 0.4) is 0 Å². The SMILES string of the molecule is NNOC(=O)CCN1C(=O)CCOc2ccccc21. The van der Waals surface area contributed by atoms with Crippen molar-refractivity contribution in [3.05, 3.63) is 24.3 Å². The molecule has 1 aliphatic rings. The lowest BCUT2D eigenvalue weighted by Crippen LogP contribution is -2.34. The zero-order valence-electron chi connectivity index (χ0n) is 10.3. The first kappa shape index (κ1) is 13.3. The van der Waals surface area contributed by atoms with Crippen LogP contribution < -0.4 is 21.1 Å². The van der Waals surface area contributed by atoms with Crippen molar-refractivity contribution in [3.63, 3.8) is 0 Å². The molecule has 0 fully saturated rings. The maximum Gasteiger partial charge on any atom is 0.328 e. The van der Waals surface area contributed by atoms with E-state index < -0.39 is 5.97 Å². The van der Waals surface area contributed by atoms with Gasteiger partial charge in [-0.25, -0.2) is 5.84 Å². The molecule has 1 aromatic carbocycles. The van der Waals surface area contributed by atoms with Gasteiger partial charge in [0.15, 0.2) is 0 Å². The number of benzene rings is 1. The number of nitrogens with two attached hydrogens (primary N) is 1. The standard InChI is InChI=1S/C12H15N3O4/c13-14-19-12(17)5-7-15-9-3-1-2-4-10(9)18-8-6-11(15)16/h1-4,14H,5-8,13H2. The Balaban J connectivity index is 2.12. The van der Waals surface area contributed by atoms with Crippen molar-refractivity contribution in [1.29, 1.82) is 0 Å². The molecule has 0 saturated heterocycles. The number of nitrogens with zero attached hydrogens (tertiary/aromatic N) is 1. The zero-order chi connectivity index (χ0) is 13.7.